The van der Waals surface area contributed by atoms with E-state index in [1.165, 1.54) is 276 Å². The van der Waals surface area contributed by atoms with Crippen molar-refractivity contribution in [1.29, 1.82) is 0 Å². The molecule has 0 radical (unpaired) electrons. The molecule has 3 heteroatoms. The van der Waals surface area contributed by atoms with Gasteiger partial charge in [-0.2, -0.15) is 12.8 Å². The number of benzene rings is 2. The maximum absolute atomic E-state index is 12.3. The Balaban J connectivity index is 0.00000136. The number of hydrogen-bond acceptors (Lipinski definition) is 0. The Morgan fingerprint density at radius 2 is 0.468 bits per heavy atom. The average Bonchev–Trinajstić information content (AvgIpc) is 3.74. The Labute approximate surface area is 497 Å². The number of hydrogen-bond donors (Lipinski definition) is 0. The van der Waals surface area contributed by atoms with Crippen LogP contribution < -0.4 is 0 Å². The van der Waals surface area contributed by atoms with Crippen molar-refractivity contribution in [3.63, 3.8) is 0 Å². The standard InChI is InChI=1S/C40H60N2.2C17H35.Pd/c1-7-13-19-31-25-32(20-14-8-2)28-35(27-31)39-37(23-17-11-5)38(24-18-12-6)40(42(39)41)36-29-33(21-15-9-3)26-34(30-36)22-16-10-4;2*1-3-5-7-9-11-13-15-17-16-14-12-10-8-6-4-2;/h25-30H,7-24H2,1-6H3;2*1,3-17H2,2H3;/q;2*-1;+2. The Hall–Kier alpha value is -1.82. The smallest absolute Gasteiger partial charge is 0.493 e. The molecule has 2 nitrogen and oxygen atoms in total. The molecule has 2 aromatic carbocycles. The normalized spacial score (nSPS) is 12.3. The van der Waals surface area contributed by atoms with Crippen molar-refractivity contribution in [3.8, 4) is 0 Å². The number of allylic oxidation sites excluding steroid dienone is 2. The summed E-state index contributed by atoms with van der Waals surface area (Å²) in [6.45, 7) is 26.0. The maximum atomic E-state index is 12.3. The first-order valence-corrected chi connectivity index (χ1v) is 34.1. The van der Waals surface area contributed by atoms with Gasteiger partial charge in [-0.3, -0.25) is 0 Å². The molecule has 0 unspecified atom stereocenters. The minimum atomic E-state index is 0. The molecule has 1 aliphatic heterocycles. The van der Waals surface area contributed by atoms with Gasteiger partial charge in [0.1, 0.15) is 0 Å². The van der Waals surface area contributed by atoms with Crippen molar-refractivity contribution in [2.24, 2.45) is 0 Å². The quantitative estimate of drug-likeness (QED) is 0.0273. The number of unbranched alkanes of at least 4 members (excludes halogenated alkanes) is 34. The second-order valence-electron chi connectivity index (χ2n) is 23.6. The molecule has 0 bridgehead atoms. The first-order valence-electron chi connectivity index (χ1n) is 34.1. The summed E-state index contributed by atoms with van der Waals surface area (Å²) in [5.74, 6) is 0. The van der Waals surface area contributed by atoms with Crippen LogP contribution in [0.5, 0.6) is 0 Å². The third-order valence-electron chi connectivity index (χ3n) is 16.1. The number of aryl methyl sites for hydroxylation is 4. The van der Waals surface area contributed by atoms with Gasteiger partial charge in [-0.15, -0.1) is 0 Å². The third-order valence-corrected chi connectivity index (χ3v) is 16.1. The molecular weight excluding hydrogens is 1020 g/mol. The van der Waals surface area contributed by atoms with Gasteiger partial charge in [0.05, 0.1) is 0 Å². The fraction of sp³-hybridized carbons (Fsp3) is 0.757. The van der Waals surface area contributed by atoms with E-state index in [9.17, 15) is 5.53 Å². The van der Waals surface area contributed by atoms with E-state index in [2.05, 4.69) is 106 Å². The average molecular weight is 1150 g/mol. The van der Waals surface area contributed by atoms with E-state index in [-0.39, 0.29) is 20.4 Å². The van der Waals surface area contributed by atoms with Gasteiger partial charge in [-0.1, -0.05) is 286 Å². The first kappa shape index (κ1) is 75.2. The summed E-state index contributed by atoms with van der Waals surface area (Å²) in [6.07, 6.45) is 63.4. The van der Waals surface area contributed by atoms with E-state index < -0.39 is 0 Å². The van der Waals surface area contributed by atoms with E-state index in [0.29, 0.717) is 0 Å². The van der Waals surface area contributed by atoms with E-state index in [4.69, 9.17) is 0 Å². The van der Waals surface area contributed by atoms with Crippen LogP contribution in [-0.4, -0.2) is 4.70 Å². The molecule has 1 heterocycles. The van der Waals surface area contributed by atoms with E-state index in [1.807, 2.05) is 0 Å². The van der Waals surface area contributed by atoms with Crippen LogP contribution in [0.25, 0.3) is 16.9 Å². The molecule has 0 aliphatic carbocycles. The van der Waals surface area contributed by atoms with Crippen LogP contribution >= 0.6 is 0 Å². The molecule has 1 aliphatic rings. The summed E-state index contributed by atoms with van der Waals surface area (Å²) < 4.78 is 1.63. The van der Waals surface area contributed by atoms with Gasteiger partial charge < -0.3 is 19.4 Å². The molecule has 0 spiro atoms. The summed E-state index contributed by atoms with van der Waals surface area (Å²) in [5, 5.41) is 0. The Bertz CT molecular complexity index is 1510. The summed E-state index contributed by atoms with van der Waals surface area (Å²) in [7, 11) is 0. The largest absolute Gasteiger partial charge is 2.00 e. The second kappa shape index (κ2) is 54.8. The molecule has 0 fully saturated rings. The summed E-state index contributed by atoms with van der Waals surface area (Å²) in [5.41, 5.74) is 25.2. The van der Waals surface area contributed by atoms with Crippen molar-refractivity contribution < 1.29 is 25.1 Å². The summed E-state index contributed by atoms with van der Waals surface area (Å²) in [6, 6.07) is 14.4. The van der Waals surface area contributed by atoms with Crippen molar-refractivity contribution in [2.75, 3.05) is 0 Å². The van der Waals surface area contributed by atoms with E-state index >= 15 is 0 Å². The van der Waals surface area contributed by atoms with Gasteiger partial charge in [0.25, 0.3) is 0 Å². The fourth-order valence-electron chi connectivity index (χ4n) is 11.1. The Kier molecular flexibility index (Phi) is 53.5. The van der Waals surface area contributed by atoms with Crippen LogP contribution in [0, 0.1) is 13.8 Å². The minimum Gasteiger partial charge on any atom is -0.493 e. The van der Waals surface area contributed by atoms with E-state index in [1.54, 1.807) is 4.70 Å². The van der Waals surface area contributed by atoms with Crippen LogP contribution in [0.15, 0.2) is 47.5 Å². The molecule has 2 aromatic rings. The minimum absolute atomic E-state index is 0. The molecule has 0 saturated carbocycles. The molecule has 77 heavy (non-hydrogen) atoms. The molecular formula is C74H130N2Pd. The zero-order valence-corrected chi connectivity index (χ0v) is 54.6. The molecule has 0 aromatic heterocycles. The zero-order valence-electron chi connectivity index (χ0n) is 53.0. The van der Waals surface area contributed by atoms with Gasteiger partial charge in [0.15, 0.2) is 0 Å². The second-order valence-corrected chi connectivity index (χ2v) is 23.6. The van der Waals surface area contributed by atoms with Gasteiger partial charge in [0, 0.05) is 22.3 Å². The van der Waals surface area contributed by atoms with Crippen LogP contribution in [0.3, 0.4) is 0 Å². The molecule has 0 amide bonds. The number of nitrogens with zero attached hydrogens (tertiary/aromatic N) is 2. The fourth-order valence-corrected chi connectivity index (χ4v) is 11.1. The van der Waals surface area contributed by atoms with Crippen LogP contribution in [0.4, 0.5) is 0 Å². The molecule has 0 N–H and O–H groups in total. The molecule has 446 valence electrons. The van der Waals surface area contributed by atoms with Crippen LogP contribution in [0.1, 0.15) is 371 Å². The molecule has 0 saturated heterocycles. The van der Waals surface area contributed by atoms with Crippen molar-refractivity contribution in [3.05, 3.63) is 100 Å². The maximum Gasteiger partial charge on any atom is 2.00 e. The molecule has 3 rings (SSSR count). The van der Waals surface area contributed by atoms with Gasteiger partial charge in [-0.25, -0.2) is 4.70 Å². The number of rotatable bonds is 48. The first-order chi connectivity index (χ1) is 37.3. The topological polar surface area (TPSA) is 25.3 Å². The van der Waals surface area contributed by atoms with Crippen molar-refractivity contribution in [2.45, 2.75) is 364 Å². The van der Waals surface area contributed by atoms with Crippen molar-refractivity contribution in [1.82, 2.24) is 0 Å². The van der Waals surface area contributed by atoms with Crippen LogP contribution in [-0.2, 0) is 46.1 Å². The third kappa shape index (κ3) is 37.0. The SMILES string of the molecule is CCCCC1=C(c2cc(CCCC)cc(CCCC)c2)[N+](=[N-])C(c2cc(CCCC)cc(CCCC)c2)=C1CCCC.[CH2-]CCCCCCCCCCCCCCCC.[CH2-]CCCCCCCCCCCCCCCC.[Pd+2]. The predicted molar refractivity (Wildman–Crippen MR) is 344 cm³/mol. The zero-order chi connectivity index (χ0) is 55.5. The molecule has 0 atom stereocenters. The van der Waals surface area contributed by atoms with Crippen LogP contribution in [0.2, 0.25) is 0 Å². The van der Waals surface area contributed by atoms with Gasteiger partial charge in [0.2, 0.25) is 11.4 Å². The predicted octanol–water partition coefficient (Wildman–Crippen LogP) is 26.0. The Morgan fingerprint density at radius 3 is 0.675 bits per heavy atom. The van der Waals surface area contributed by atoms with Gasteiger partial charge in [-0.05, 0) is 124 Å². The van der Waals surface area contributed by atoms with Crippen molar-refractivity contribution >= 4 is 11.4 Å². The van der Waals surface area contributed by atoms with E-state index in [0.717, 1.165) is 88.4 Å². The Morgan fingerprint density at radius 1 is 0.273 bits per heavy atom. The van der Waals surface area contributed by atoms with Gasteiger partial charge >= 0.3 is 20.4 Å². The summed E-state index contributed by atoms with van der Waals surface area (Å²) >= 11 is 0. The summed E-state index contributed by atoms with van der Waals surface area (Å²) in [4.78, 5) is 0. The monoisotopic (exact) mass is 1150 g/mol.